The number of hydrogen-bond donors (Lipinski definition) is 2. The summed E-state index contributed by atoms with van der Waals surface area (Å²) in [7, 11) is 0. The Morgan fingerprint density at radius 1 is 1.28 bits per heavy atom. The van der Waals surface area contributed by atoms with Crippen molar-refractivity contribution in [2.75, 3.05) is 50.8 Å². The molecule has 2 saturated heterocycles. The molecule has 2 N–H and O–H groups in total. The van der Waals surface area contributed by atoms with Crippen LogP contribution in [0.15, 0.2) is 24.3 Å². The van der Waals surface area contributed by atoms with Crippen LogP contribution >= 0.6 is 11.6 Å². The molecule has 7 heteroatoms. The lowest BCUT2D eigenvalue weighted by Crippen LogP contribution is -2.50. The topological polar surface area (TPSA) is 56.8 Å². The first-order valence-electron chi connectivity index (χ1n) is 8.98. The second kappa shape index (κ2) is 8.74. The van der Waals surface area contributed by atoms with Crippen LogP contribution in [0.2, 0.25) is 5.02 Å². The van der Waals surface area contributed by atoms with Gasteiger partial charge in [0, 0.05) is 55.5 Å². The van der Waals surface area contributed by atoms with E-state index in [1.165, 1.54) is 0 Å². The maximum Gasteiger partial charge on any atom is 0.315 e. The van der Waals surface area contributed by atoms with E-state index < -0.39 is 0 Å². The molecule has 2 heterocycles. The van der Waals surface area contributed by atoms with Crippen molar-refractivity contribution in [2.24, 2.45) is 0 Å². The van der Waals surface area contributed by atoms with E-state index in [1.807, 2.05) is 24.3 Å². The summed E-state index contributed by atoms with van der Waals surface area (Å²) in [5, 5.41) is 6.83. The Hall–Kier alpha value is -1.50. The summed E-state index contributed by atoms with van der Waals surface area (Å²) in [6.45, 7) is 7.98. The molecule has 0 radical (unpaired) electrons. The van der Waals surface area contributed by atoms with Crippen LogP contribution in [0.3, 0.4) is 0 Å². The predicted molar refractivity (Wildman–Crippen MR) is 100 cm³/mol. The Labute approximate surface area is 154 Å². The Bertz CT molecular complexity index is 563. The second-order valence-corrected chi connectivity index (χ2v) is 7.20. The summed E-state index contributed by atoms with van der Waals surface area (Å²) in [4.78, 5) is 16.8. The zero-order valence-corrected chi connectivity index (χ0v) is 15.5. The largest absolute Gasteiger partial charge is 0.379 e. The number of carbonyl (C=O) groups is 1. The van der Waals surface area contributed by atoms with Gasteiger partial charge < -0.3 is 20.3 Å². The smallest absolute Gasteiger partial charge is 0.315 e. The van der Waals surface area contributed by atoms with Crippen molar-refractivity contribution in [3.63, 3.8) is 0 Å². The van der Waals surface area contributed by atoms with Gasteiger partial charge in [-0.2, -0.15) is 0 Å². The minimum absolute atomic E-state index is 0.0805. The van der Waals surface area contributed by atoms with E-state index in [-0.39, 0.29) is 12.1 Å². The molecule has 1 aromatic rings. The minimum Gasteiger partial charge on any atom is -0.379 e. The van der Waals surface area contributed by atoms with Gasteiger partial charge in [-0.3, -0.25) is 4.90 Å². The first-order valence-corrected chi connectivity index (χ1v) is 9.36. The third-order valence-corrected chi connectivity index (χ3v) is 5.19. The summed E-state index contributed by atoms with van der Waals surface area (Å²) in [5.41, 5.74) is 1.15. The van der Waals surface area contributed by atoms with Gasteiger partial charge in [0.2, 0.25) is 0 Å². The first-order chi connectivity index (χ1) is 12.1. The fourth-order valence-electron chi connectivity index (χ4n) is 3.39. The second-order valence-electron chi connectivity index (χ2n) is 6.76. The van der Waals surface area contributed by atoms with Crippen molar-refractivity contribution in [3.8, 4) is 0 Å². The highest BCUT2D eigenvalue weighted by atomic mass is 35.5. The molecule has 0 aliphatic carbocycles. The molecule has 3 rings (SSSR count). The first kappa shape index (κ1) is 18.3. The minimum atomic E-state index is -0.0805. The molecule has 25 heavy (non-hydrogen) atoms. The van der Waals surface area contributed by atoms with Crippen molar-refractivity contribution < 1.29 is 9.53 Å². The summed E-state index contributed by atoms with van der Waals surface area (Å²) in [5.74, 6) is 0. The highest BCUT2D eigenvalue weighted by molar-refractivity contribution is 6.30. The van der Waals surface area contributed by atoms with Crippen LogP contribution in [0.4, 0.5) is 10.5 Å². The van der Waals surface area contributed by atoms with E-state index in [9.17, 15) is 4.79 Å². The van der Waals surface area contributed by atoms with Crippen LogP contribution in [0.25, 0.3) is 0 Å². The Balaban J connectivity index is 1.39. The molecule has 6 nitrogen and oxygen atoms in total. The number of ether oxygens (including phenoxy) is 1. The standard InChI is InChI=1S/C18H27ClN4O2/c1-14(22-8-10-25-11-9-22)12-20-18(24)21-16-6-7-23(13-16)17-4-2-15(19)3-5-17/h2-5,14,16H,6-13H2,1H3,(H2,20,21,24). The lowest BCUT2D eigenvalue weighted by molar-refractivity contribution is 0.0209. The normalized spacial score (nSPS) is 22.6. The lowest BCUT2D eigenvalue weighted by Gasteiger charge is -2.32. The van der Waals surface area contributed by atoms with E-state index in [0.717, 1.165) is 56.5 Å². The summed E-state index contributed by atoms with van der Waals surface area (Å²) in [6.07, 6.45) is 0.953. The maximum absolute atomic E-state index is 12.2. The maximum atomic E-state index is 12.2. The van der Waals surface area contributed by atoms with Crippen molar-refractivity contribution in [1.82, 2.24) is 15.5 Å². The molecule has 2 aliphatic heterocycles. The molecule has 1 aromatic carbocycles. The Morgan fingerprint density at radius 3 is 2.72 bits per heavy atom. The molecule has 2 atom stereocenters. The van der Waals surface area contributed by atoms with E-state index in [2.05, 4.69) is 27.4 Å². The van der Waals surface area contributed by atoms with Gasteiger partial charge in [0.05, 0.1) is 13.2 Å². The number of nitrogens with one attached hydrogen (secondary N) is 2. The molecular formula is C18H27ClN4O2. The third-order valence-electron chi connectivity index (χ3n) is 4.94. The lowest BCUT2D eigenvalue weighted by atomic mass is 10.2. The SMILES string of the molecule is CC(CNC(=O)NC1CCN(c2ccc(Cl)cc2)C1)N1CCOCC1. The van der Waals surface area contributed by atoms with Gasteiger partial charge in [-0.25, -0.2) is 4.79 Å². The van der Waals surface area contributed by atoms with Gasteiger partial charge in [-0.1, -0.05) is 11.6 Å². The molecule has 2 aliphatic rings. The zero-order valence-electron chi connectivity index (χ0n) is 14.7. The predicted octanol–water partition coefficient (Wildman–Crippen LogP) is 1.94. The molecule has 2 fully saturated rings. The molecule has 0 saturated carbocycles. The molecule has 2 amide bonds. The zero-order chi connectivity index (χ0) is 17.6. The average Bonchev–Trinajstić information content (AvgIpc) is 3.09. The summed E-state index contributed by atoms with van der Waals surface area (Å²) < 4.78 is 5.36. The van der Waals surface area contributed by atoms with Crippen LogP contribution in [0.5, 0.6) is 0 Å². The fraction of sp³-hybridized carbons (Fsp3) is 0.611. The number of halogens is 1. The van der Waals surface area contributed by atoms with Gasteiger partial charge in [0.25, 0.3) is 0 Å². The third kappa shape index (κ3) is 5.23. The number of rotatable bonds is 5. The Morgan fingerprint density at radius 2 is 2.00 bits per heavy atom. The monoisotopic (exact) mass is 366 g/mol. The van der Waals surface area contributed by atoms with Gasteiger partial charge in [-0.05, 0) is 37.6 Å². The highest BCUT2D eigenvalue weighted by Crippen LogP contribution is 2.22. The molecule has 0 spiro atoms. The molecular weight excluding hydrogens is 340 g/mol. The summed E-state index contributed by atoms with van der Waals surface area (Å²) >= 11 is 5.94. The van der Waals surface area contributed by atoms with Crippen molar-refractivity contribution in [3.05, 3.63) is 29.3 Å². The van der Waals surface area contributed by atoms with Crippen molar-refractivity contribution in [1.29, 1.82) is 0 Å². The fourth-order valence-corrected chi connectivity index (χ4v) is 3.51. The van der Waals surface area contributed by atoms with E-state index in [0.29, 0.717) is 12.6 Å². The van der Waals surface area contributed by atoms with Gasteiger partial charge in [-0.15, -0.1) is 0 Å². The number of morpholine rings is 1. The number of anilines is 1. The van der Waals surface area contributed by atoms with Crippen LogP contribution in [0, 0.1) is 0 Å². The van der Waals surface area contributed by atoms with Gasteiger partial charge >= 0.3 is 6.03 Å². The van der Waals surface area contributed by atoms with Crippen LogP contribution < -0.4 is 15.5 Å². The van der Waals surface area contributed by atoms with Crippen LogP contribution in [0.1, 0.15) is 13.3 Å². The van der Waals surface area contributed by atoms with E-state index in [1.54, 1.807) is 0 Å². The molecule has 138 valence electrons. The molecule has 0 bridgehead atoms. The quantitative estimate of drug-likeness (QED) is 0.836. The number of urea groups is 1. The molecule has 2 unspecified atom stereocenters. The molecule has 0 aromatic heterocycles. The van der Waals surface area contributed by atoms with Gasteiger partial charge in [0.1, 0.15) is 0 Å². The van der Waals surface area contributed by atoms with Crippen LogP contribution in [-0.2, 0) is 4.74 Å². The number of benzene rings is 1. The van der Waals surface area contributed by atoms with E-state index >= 15 is 0 Å². The van der Waals surface area contributed by atoms with Crippen molar-refractivity contribution >= 4 is 23.3 Å². The van der Waals surface area contributed by atoms with Crippen LogP contribution in [-0.4, -0.2) is 69.0 Å². The van der Waals surface area contributed by atoms with E-state index in [4.69, 9.17) is 16.3 Å². The number of hydrogen-bond acceptors (Lipinski definition) is 4. The number of amides is 2. The Kier molecular flexibility index (Phi) is 6.39. The highest BCUT2D eigenvalue weighted by Gasteiger charge is 2.24. The average molecular weight is 367 g/mol. The van der Waals surface area contributed by atoms with Crippen molar-refractivity contribution in [2.45, 2.75) is 25.4 Å². The number of nitrogens with zero attached hydrogens (tertiary/aromatic N) is 2. The van der Waals surface area contributed by atoms with Gasteiger partial charge in [0.15, 0.2) is 0 Å². The summed E-state index contributed by atoms with van der Waals surface area (Å²) in [6, 6.07) is 8.26. The number of carbonyl (C=O) groups excluding carboxylic acids is 1.